The number of fused-ring (bicyclic) bond motifs is 1. The van der Waals surface area contributed by atoms with Crippen molar-refractivity contribution >= 4 is 45.2 Å². The fourth-order valence-corrected chi connectivity index (χ4v) is 7.87. The highest BCUT2D eigenvalue weighted by Crippen LogP contribution is 2.40. The molecule has 2 saturated carbocycles. The van der Waals surface area contributed by atoms with Crippen molar-refractivity contribution in [3.63, 3.8) is 0 Å². The average molecular weight is 692 g/mol. The number of primary amides is 1. The molecule has 5 atom stereocenters. The van der Waals surface area contributed by atoms with Crippen LogP contribution in [0.2, 0.25) is 0 Å². The first kappa shape index (κ1) is 34.5. The monoisotopic (exact) mass is 691 g/mol. The smallest absolute Gasteiger partial charge is 0.307 e. The normalized spacial score (nSPS) is 22.9. The molecule has 6 rings (SSSR count). The Labute approximate surface area is 289 Å². The van der Waals surface area contributed by atoms with Crippen molar-refractivity contribution in [1.29, 1.82) is 0 Å². The number of aromatic nitrogens is 4. The Morgan fingerprint density at radius 3 is 2.69 bits per heavy atom. The minimum absolute atomic E-state index is 0.124. The second kappa shape index (κ2) is 15.5. The lowest BCUT2D eigenvalue weighted by Gasteiger charge is -2.28. The highest BCUT2D eigenvalue weighted by Gasteiger charge is 2.43. The van der Waals surface area contributed by atoms with Crippen molar-refractivity contribution in [2.75, 3.05) is 6.54 Å². The molecular weight excluding hydrogens is 646 g/mol. The molecule has 3 aliphatic rings. The lowest BCUT2D eigenvalue weighted by Crippen LogP contribution is -2.53. The van der Waals surface area contributed by atoms with Crippen LogP contribution in [0.25, 0.3) is 21.9 Å². The maximum absolute atomic E-state index is 14.1. The van der Waals surface area contributed by atoms with Gasteiger partial charge in [-0.05, 0) is 61.8 Å². The Hall–Kier alpha value is -4.33. The van der Waals surface area contributed by atoms with Crippen LogP contribution in [0.1, 0.15) is 77.0 Å². The van der Waals surface area contributed by atoms with E-state index in [9.17, 15) is 19.2 Å². The number of nitrogens with zero attached hydrogens (tertiary/aromatic N) is 5. The predicted molar refractivity (Wildman–Crippen MR) is 183 cm³/mol. The van der Waals surface area contributed by atoms with Gasteiger partial charge >= 0.3 is 5.97 Å². The van der Waals surface area contributed by atoms with Gasteiger partial charge in [0.25, 0.3) is 0 Å². The minimum atomic E-state index is -0.886. The number of hydrogen-bond donors (Lipinski definition) is 3. The summed E-state index contributed by atoms with van der Waals surface area (Å²) in [6.07, 6.45) is 16.2. The van der Waals surface area contributed by atoms with Crippen molar-refractivity contribution in [1.82, 2.24) is 29.7 Å². The predicted octanol–water partition coefficient (Wildman–Crippen LogP) is 4.22. The van der Waals surface area contributed by atoms with E-state index in [4.69, 9.17) is 15.6 Å². The Bertz CT molecular complexity index is 1700. The third-order valence-corrected chi connectivity index (χ3v) is 10.8. The SMILES string of the molecule is Cn1ccnc1-c1nc(OC2C[C@@H](C(N)=O)N(C(=O)C(CCCCC/C=C\[C@@H]3C[C@@H]3C(=O)O)NC(=O)CC3CCCC3)C2)c2sccc2n1. The van der Waals surface area contributed by atoms with E-state index in [0.29, 0.717) is 54.6 Å². The number of thiophene rings is 1. The molecular formula is C35H45N7O6S. The number of nitrogens with one attached hydrogen (secondary N) is 1. The summed E-state index contributed by atoms with van der Waals surface area (Å²) >= 11 is 1.44. The number of carbonyl (C=O) groups excluding carboxylic acids is 3. The summed E-state index contributed by atoms with van der Waals surface area (Å²) in [6.45, 7) is 0.124. The van der Waals surface area contributed by atoms with Crippen LogP contribution in [-0.2, 0) is 26.2 Å². The first-order chi connectivity index (χ1) is 23.7. The molecule has 0 aromatic carbocycles. The Balaban J connectivity index is 1.11. The quantitative estimate of drug-likeness (QED) is 0.146. The zero-order valence-electron chi connectivity index (χ0n) is 27.8. The second-order valence-electron chi connectivity index (χ2n) is 13.6. The largest absolute Gasteiger partial charge is 0.481 e. The summed E-state index contributed by atoms with van der Waals surface area (Å²) in [6, 6.07) is 0.212. The molecule has 4 N–H and O–H groups in total. The van der Waals surface area contributed by atoms with E-state index < -0.39 is 30.1 Å². The van der Waals surface area contributed by atoms with E-state index in [-0.39, 0.29) is 36.6 Å². The third-order valence-electron chi connectivity index (χ3n) is 9.93. The standard InChI is InChI=1S/C35H45N7O6S/c1-41-15-14-37-32(41)31-39-25-13-16-49-29(25)33(40-31)48-23-19-27(30(36)44)42(20-23)34(45)26(38-28(43)17-21-9-7-8-10-21)12-6-4-2-3-5-11-22-18-24(22)35(46)47/h5,11,13-16,21-24,26-27H,2-4,6-10,12,17-20H2,1H3,(H2,36,44)(H,38,43)(H,46,47)/b11-5-/t22-,23?,24+,26?,27+/m1/s1. The summed E-state index contributed by atoms with van der Waals surface area (Å²) in [5.74, 6) is -0.282. The van der Waals surface area contributed by atoms with Crippen LogP contribution in [0.15, 0.2) is 36.0 Å². The van der Waals surface area contributed by atoms with Crippen LogP contribution in [0.3, 0.4) is 0 Å². The van der Waals surface area contributed by atoms with Gasteiger partial charge in [0.15, 0.2) is 11.6 Å². The summed E-state index contributed by atoms with van der Waals surface area (Å²) in [5.41, 5.74) is 6.55. The van der Waals surface area contributed by atoms with E-state index in [0.717, 1.165) is 49.6 Å². The fourth-order valence-electron chi connectivity index (χ4n) is 7.11. The first-order valence-electron chi connectivity index (χ1n) is 17.4. The third kappa shape index (κ3) is 8.46. The number of aryl methyl sites for hydroxylation is 1. The van der Waals surface area contributed by atoms with Crippen molar-refractivity contribution in [2.24, 2.45) is 30.5 Å². The number of nitrogens with two attached hydrogens (primary N) is 1. The highest BCUT2D eigenvalue weighted by molar-refractivity contribution is 7.17. The molecule has 3 fully saturated rings. The molecule has 1 aliphatic heterocycles. The lowest BCUT2D eigenvalue weighted by atomic mass is 10.0. The fraction of sp³-hybridized carbons (Fsp3) is 0.571. The van der Waals surface area contributed by atoms with Gasteiger partial charge in [-0.2, -0.15) is 4.98 Å². The van der Waals surface area contributed by atoms with Gasteiger partial charge in [-0.1, -0.05) is 37.8 Å². The molecule has 0 radical (unpaired) electrons. The van der Waals surface area contributed by atoms with Gasteiger partial charge in [0.2, 0.25) is 23.6 Å². The van der Waals surface area contributed by atoms with Crippen LogP contribution < -0.4 is 15.8 Å². The average Bonchev–Trinajstić information content (AvgIpc) is 3.57. The molecule has 2 unspecified atom stereocenters. The van der Waals surface area contributed by atoms with Gasteiger partial charge in [0, 0.05) is 32.3 Å². The van der Waals surface area contributed by atoms with E-state index in [1.165, 1.54) is 16.2 Å². The van der Waals surface area contributed by atoms with E-state index in [2.05, 4.69) is 20.3 Å². The van der Waals surface area contributed by atoms with E-state index in [1.54, 1.807) is 6.20 Å². The van der Waals surface area contributed by atoms with Gasteiger partial charge < -0.3 is 30.4 Å². The number of ether oxygens (including phenoxy) is 1. The Morgan fingerprint density at radius 2 is 1.98 bits per heavy atom. The van der Waals surface area contributed by atoms with Crippen LogP contribution >= 0.6 is 11.3 Å². The van der Waals surface area contributed by atoms with Crippen molar-refractivity contribution in [3.05, 3.63) is 36.0 Å². The maximum atomic E-state index is 14.1. The molecule has 3 aromatic rings. The van der Waals surface area contributed by atoms with Gasteiger partial charge in [0.1, 0.15) is 22.9 Å². The molecule has 3 amide bonds. The van der Waals surface area contributed by atoms with Gasteiger partial charge in [0.05, 0.1) is 18.0 Å². The number of aliphatic carboxylic acids is 1. The Kier molecular flexibility index (Phi) is 10.9. The molecule has 2 aliphatic carbocycles. The highest BCUT2D eigenvalue weighted by atomic mass is 32.1. The van der Waals surface area contributed by atoms with Gasteiger partial charge in [-0.15, -0.1) is 11.3 Å². The number of likely N-dealkylation sites (tertiary alicyclic amines) is 1. The molecule has 262 valence electrons. The number of allylic oxidation sites excluding steroid dienone is 2. The molecule has 49 heavy (non-hydrogen) atoms. The van der Waals surface area contributed by atoms with Crippen LogP contribution in [-0.4, -0.2) is 77.9 Å². The van der Waals surface area contributed by atoms with Crippen LogP contribution in [0.4, 0.5) is 0 Å². The number of unbranched alkanes of at least 4 members (excludes halogenated alkanes) is 3. The number of hydrogen-bond acceptors (Lipinski definition) is 9. The zero-order valence-corrected chi connectivity index (χ0v) is 28.6. The first-order valence-corrected chi connectivity index (χ1v) is 18.2. The zero-order chi connectivity index (χ0) is 34.5. The molecule has 13 nitrogen and oxygen atoms in total. The molecule has 14 heteroatoms. The van der Waals surface area contributed by atoms with E-state index in [1.807, 2.05) is 41.4 Å². The maximum Gasteiger partial charge on any atom is 0.307 e. The molecule has 3 aromatic heterocycles. The molecule has 0 bridgehead atoms. The number of imidazole rings is 1. The number of carboxylic acids is 1. The van der Waals surface area contributed by atoms with Gasteiger partial charge in [-0.25, -0.2) is 9.97 Å². The number of amides is 3. The second-order valence-corrected chi connectivity index (χ2v) is 14.5. The molecule has 0 spiro atoms. The summed E-state index contributed by atoms with van der Waals surface area (Å²) in [7, 11) is 1.86. The number of rotatable bonds is 16. The van der Waals surface area contributed by atoms with Crippen molar-refractivity contribution < 1.29 is 29.0 Å². The Morgan fingerprint density at radius 1 is 1.16 bits per heavy atom. The minimum Gasteiger partial charge on any atom is -0.481 e. The lowest BCUT2D eigenvalue weighted by molar-refractivity contribution is -0.141. The van der Waals surface area contributed by atoms with E-state index >= 15 is 0 Å². The van der Waals surface area contributed by atoms with Crippen molar-refractivity contribution in [2.45, 2.75) is 95.2 Å². The molecule has 4 heterocycles. The number of carboxylic acid groups (broad SMARTS) is 1. The summed E-state index contributed by atoms with van der Waals surface area (Å²) < 4.78 is 8.98. The summed E-state index contributed by atoms with van der Waals surface area (Å²) in [4.78, 5) is 66.2. The topological polar surface area (TPSA) is 183 Å². The molecule has 1 saturated heterocycles. The number of carbonyl (C=O) groups is 4. The van der Waals surface area contributed by atoms with Crippen molar-refractivity contribution in [3.8, 4) is 17.5 Å². The van der Waals surface area contributed by atoms with Crippen LogP contribution in [0, 0.1) is 17.8 Å². The van der Waals surface area contributed by atoms with Gasteiger partial charge in [-0.3, -0.25) is 19.2 Å². The summed E-state index contributed by atoms with van der Waals surface area (Å²) in [5, 5.41) is 14.0. The van der Waals surface area contributed by atoms with Crippen LogP contribution in [0.5, 0.6) is 5.88 Å².